The van der Waals surface area contributed by atoms with Crippen LogP contribution in [0.25, 0.3) is 5.57 Å². The Balaban J connectivity index is 1.14. The molecule has 2 unspecified atom stereocenters. The zero-order chi connectivity index (χ0) is 36.1. The maximum absolute atomic E-state index is 13.8. The number of primary amides is 1. The largest absolute Gasteiger partial charge is 0.380 e. The van der Waals surface area contributed by atoms with Crippen molar-refractivity contribution in [2.24, 2.45) is 23.5 Å². The van der Waals surface area contributed by atoms with Gasteiger partial charge in [-0.1, -0.05) is 72.3 Å². The highest BCUT2D eigenvalue weighted by molar-refractivity contribution is 6.32. The first-order valence-electron chi connectivity index (χ1n) is 19.6. The first kappa shape index (κ1) is 33.9. The molecule has 0 saturated carbocycles. The smallest absolute Gasteiger partial charge is 0.256 e. The zero-order valence-electron chi connectivity index (χ0n) is 30.6. The van der Waals surface area contributed by atoms with Gasteiger partial charge < -0.3 is 26.6 Å². The second-order valence-electron chi connectivity index (χ2n) is 15.8. The SMILES string of the molecule is CC(=C1C(=O)Nc2ccccc21)[C@H]1CN2CCc3ccccc3[C@@H]2C(Nc2ccc(N3CCCC(C(N)=O)C3)cc2)[C@@H]1C[C@H]1NCCc2ccccc21. The van der Waals surface area contributed by atoms with Crippen LogP contribution in [0.5, 0.6) is 0 Å². The molecule has 5 aliphatic rings. The molecule has 0 aliphatic carbocycles. The highest BCUT2D eigenvalue weighted by Crippen LogP contribution is 2.49. The molecule has 2 amide bonds. The van der Waals surface area contributed by atoms with Crippen LogP contribution in [0, 0.1) is 17.8 Å². The van der Waals surface area contributed by atoms with E-state index in [4.69, 9.17) is 5.73 Å². The molecule has 8 nitrogen and oxygen atoms in total. The molecule has 4 aromatic rings. The van der Waals surface area contributed by atoms with E-state index in [-0.39, 0.29) is 47.7 Å². The van der Waals surface area contributed by atoms with Gasteiger partial charge in [-0.25, -0.2) is 0 Å². The fraction of sp³-hybridized carbons (Fsp3) is 0.378. The number of nitrogens with one attached hydrogen (secondary N) is 3. The van der Waals surface area contributed by atoms with E-state index in [2.05, 4.69) is 112 Å². The molecule has 272 valence electrons. The highest BCUT2D eigenvalue weighted by atomic mass is 16.2. The third-order valence-electron chi connectivity index (χ3n) is 12.9. The summed E-state index contributed by atoms with van der Waals surface area (Å²) >= 11 is 0. The molecule has 6 atom stereocenters. The predicted molar refractivity (Wildman–Crippen MR) is 213 cm³/mol. The van der Waals surface area contributed by atoms with E-state index in [9.17, 15) is 9.59 Å². The maximum Gasteiger partial charge on any atom is 0.256 e. The van der Waals surface area contributed by atoms with Crippen molar-refractivity contribution in [2.45, 2.75) is 57.2 Å². The molecule has 0 bridgehead atoms. The Kier molecular flexibility index (Phi) is 9.04. The Bertz CT molecular complexity index is 2060. The molecular formula is C45H50N6O2. The fourth-order valence-corrected chi connectivity index (χ4v) is 10.3. The lowest BCUT2D eigenvalue weighted by Crippen LogP contribution is -2.57. The summed E-state index contributed by atoms with van der Waals surface area (Å²) in [6, 6.07) is 35.4. The monoisotopic (exact) mass is 706 g/mol. The van der Waals surface area contributed by atoms with Crippen LogP contribution in [0.3, 0.4) is 0 Å². The Hall–Kier alpha value is -4.92. The van der Waals surface area contributed by atoms with E-state index >= 15 is 0 Å². The van der Waals surface area contributed by atoms with Gasteiger partial charge in [0.15, 0.2) is 0 Å². The summed E-state index contributed by atoms with van der Waals surface area (Å²) in [5.41, 5.74) is 17.5. The van der Waals surface area contributed by atoms with Crippen LogP contribution in [0.1, 0.15) is 66.1 Å². The normalized spacial score (nSPS) is 27.5. The van der Waals surface area contributed by atoms with Gasteiger partial charge in [0, 0.05) is 66.5 Å². The minimum absolute atomic E-state index is 0.00563. The molecular weight excluding hydrogens is 657 g/mol. The average molecular weight is 707 g/mol. The quantitative estimate of drug-likeness (QED) is 0.159. The first-order chi connectivity index (χ1) is 25.9. The van der Waals surface area contributed by atoms with Crippen molar-refractivity contribution in [1.29, 1.82) is 0 Å². The molecule has 53 heavy (non-hydrogen) atoms. The summed E-state index contributed by atoms with van der Waals surface area (Å²) in [6.45, 7) is 6.66. The van der Waals surface area contributed by atoms with Gasteiger partial charge in [-0.2, -0.15) is 0 Å². The number of hydrogen-bond donors (Lipinski definition) is 4. The van der Waals surface area contributed by atoms with Crippen LogP contribution in [0.4, 0.5) is 17.1 Å². The lowest BCUT2D eigenvalue weighted by molar-refractivity contribution is -0.122. The second-order valence-corrected chi connectivity index (χ2v) is 15.8. The number of carbonyl (C=O) groups excluding carboxylic acids is 2. The van der Waals surface area contributed by atoms with Gasteiger partial charge in [-0.15, -0.1) is 0 Å². The van der Waals surface area contributed by atoms with Gasteiger partial charge in [0.05, 0.1) is 12.0 Å². The van der Waals surface area contributed by atoms with E-state index in [1.807, 2.05) is 18.2 Å². The average Bonchev–Trinajstić information content (AvgIpc) is 3.54. The lowest BCUT2D eigenvalue weighted by Gasteiger charge is -2.53. The van der Waals surface area contributed by atoms with Crippen molar-refractivity contribution in [1.82, 2.24) is 10.2 Å². The van der Waals surface area contributed by atoms with E-state index < -0.39 is 0 Å². The minimum atomic E-state index is -0.206. The Morgan fingerprint density at radius 3 is 2.42 bits per heavy atom. The summed E-state index contributed by atoms with van der Waals surface area (Å²) < 4.78 is 0. The van der Waals surface area contributed by atoms with Gasteiger partial charge in [-0.05, 0) is 110 Å². The second kappa shape index (κ2) is 14.1. The number of benzene rings is 4. The molecule has 5 N–H and O–H groups in total. The first-order valence-corrected chi connectivity index (χ1v) is 19.6. The topological polar surface area (TPSA) is 103 Å². The number of anilines is 3. The standard InChI is InChI=1S/C45H50N6O2/c1-28(41-36-14-6-7-15-39(36)49-45(41)53)38-27-51-24-21-30-10-3-5-13-35(30)43(51)42(37(38)25-40-34-12-4-2-9-29(34)20-22-47-40)48-32-16-18-33(19-17-32)50-23-8-11-31(26-50)44(46)52/h2-7,9-10,12-19,31,37-38,40,42-43,47-48H,8,11,20-27H2,1H3,(H2,46,52)(H,49,53)/t31?,37-,38-,40-,42?,43-/m1/s1. The van der Waals surface area contributed by atoms with E-state index in [0.29, 0.717) is 6.54 Å². The molecule has 5 aliphatic heterocycles. The summed E-state index contributed by atoms with van der Waals surface area (Å²) in [4.78, 5) is 30.8. The highest BCUT2D eigenvalue weighted by Gasteiger charge is 2.48. The van der Waals surface area contributed by atoms with Crippen LogP contribution in [-0.2, 0) is 22.4 Å². The van der Waals surface area contributed by atoms with Gasteiger partial charge in [0.2, 0.25) is 5.91 Å². The molecule has 0 aromatic heterocycles. The molecule has 0 radical (unpaired) electrons. The van der Waals surface area contributed by atoms with Crippen LogP contribution >= 0.6 is 0 Å². The van der Waals surface area contributed by atoms with Crippen molar-refractivity contribution < 1.29 is 9.59 Å². The van der Waals surface area contributed by atoms with Gasteiger partial charge in [-0.3, -0.25) is 14.5 Å². The molecule has 2 fully saturated rings. The molecule has 2 saturated heterocycles. The molecule has 8 heteroatoms. The maximum atomic E-state index is 13.8. The van der Waals surface area contributed by atoms with Crippen LogP contribution in [0.15, 0.2) is 103 Å². The number of piperidine rings is 2. The van der Waals surface area contributed by atoms with Crippen LogP contribution in [-0.4, -0.2) is 55.5 Å². The van der Waals surface area contributed by atoms with Gasteiger partial charge in [0.1, 0.15) is 0 Å². The van der Waals surface area contributed by atoms with E-state index in [1.54, 1.807) is 0 Å². The number of rotatable bonds is 7. The molecule has 9 rings (SSSR count). The Morgan fingerprint density at radius 1 is 0.868 bits per heavy atom. The van der Waals surface area contributed by atoms with Crippen molar-refractivity contribution in [3.8, 4) is 0 Å². The third kappa shape index (κ3) is 6.32. The number of hydrogen-bond acceptors (Lipinski definition) is 6. The summed E-state index contributed by atoms with van der Waals surface area (Å²) in [5, 5.41) is 11.3. The van der Waals surface area contributed by atoms with Crippen molar-refractivity contribution in [3.63, 3.8) is 0 Å². The molecule has 5 heterocycles. The number of nitrogens with zero attached hydrogens (tertiary/aromatic N) is 2. The number of nitrogens with two attached hydrogens (primary N) is 1. The Labute approximate surface area is 312 Å². The minimum Gasteiger partial charge on any atom is -0.380 e. The van der Waals surface area contributed by atoms with E-state index in [0.717, 1.165) is 86.5 Å². The lowest BCUT2D eigenvalue weighted by atomic mass is 9.67. The number of para-hydroxylation sites is 1. The number of carbonyl (C=O) groups is 2. The summed E-state index contributed by atoms with van der Waals surface area (Å²) in [7, 11) is 0. The van der Waals surface area contributed by atoms with Gasteiger partial charge >= 0.3 is 0 Å². The molecule has 4 aromatic carbocycles. The number of fused-ring (bicyclic) bond motifs is 5. The number of amides is 2. The van der Waals surface area contributed by atoms with Crippen molar-refractivity contribution >= 4 is 34.4 Å². The van der Waals surface area contributed by atoms with Crippen LogP contribution in [0.2, 0.25) is 0 Å². The zero-order valence-corrected chi connectivity index (χ0v) is 30.6. The predicted octanol–water partition coefficient (Wildman–Crippen LogP) is 6.72. The van der Waals surface area contributed by atoms with Gasteiger partial charge in [0.25, 0.3) is 5.91 Å². The van der Waals surface area contributed by atoms with E-state index in [1.165, 1.54) is 27.8 Å². The molecule has 0 spiro atoms. The van der Waals surface area contributed by atoms with Crippen LogP contribution < -0.4 is 26.6 Å². The third-order valence-corrected chi connectivity index (χ3v) is 12.9. The fourth-order valence-electron chi connectivity index (χ4n) is 10.3. The summed E-state index contributed by atoms with van der Waals surface area (Å²) in [5.74, 6) is 0.0456. The van der Waals surface area contributed by atoms with Crippen molar-refractivity contribution in [2.75, 3.05) is 48.3 Å². The summed E-state index contributed by atoms with van der Waals surface area (Å²) in [6.07, 6.45) is 4.82. The Morgan fingerprint density at radius 2 is 1.60 bits per heavy atom. The van der Waals surface area contributed by atoms with Crippen molar-refractivity contribution in [3.05, 3.63) is 130 Å².